The van der Waals surface area contributed by atoms with Gasteiger partial charge in [0.2, 0.25) is 0 Å². The molecule has 3 heterocycles. The summed E-state index contributed by atoms with van der Waals surface area (Å²) in [6.07, 6.45) is 3.18. The second-order valence-corrected chi connectivity index (χ2v) is 8.47. The van der Waals surface area contributed by atoms with Crippen molar-refractivity contribution < 1.29 is 14.3 Å². The Kier molecular flexibility index (Phi) is 6.26. The molecule has 2 unspecified atom stereocenters. The molecule has 2 atom stereocenters. The summed E-state index contributed by atoms with van der Waals surface area (Å²) in [7, 11) is 1.81. The number of hydrogen-bond acceptors (Lipinski definition) is 5. The SMILES string of the molecule is CCC1CCCCN1C(=O)C(C)OC(=O)c1cc(-c2ccccc2)nc2c1c(C)nn2C. The van der Waals surface area contributed by atoms with E-state index in [0.29, 0.717) is 28.0 Å². The van der Waals surface area contributed by atoms with Crippen LogP contribution in [0.5, 0.6) is 0 Å². The van der Waals surface area contributed by atoms with Gasteiger partial charge in [-0.2, -0.15) is 5.10 Å². The largest absolute Gasteiger partial charge is 0.449 e. The molecule has 3 aromatic rings. The number of rotatable bonds is 5. The zero-order chi connectivity index (χ0) is 22.8. The zero-order valence-electron chi connectivity index (χ0n) is 19.2. The number of nitrogens with zero attached hydrogens (tertiary/aromatic N) is 4. The molecule has 1 amide bonds. The molecular weight excluding hydrogens is 404 g/mol. The maximum Gasteiger partial charge on any atom is 0.339 e. The Balaban J connectivity index is 1.66. The van der Waals surface area contributed by atoms with Crippen LogP contribution < -0.4 is 0 Å². The number of aryl methyl sites for hydroxylation is 2. The van der Waals surface area contributed by atoms with Gasteiger partial charge in [-0.25, -0.2) is 9.78 Å². The molecule has 1 fully saturated rings. The molecule has 4 rings (SSSR count). The van der Waals surface area contributed by atoms with E-state index < -0.39 is 12.1 Å². The summed E-state index contributed by atoms with van der Waals surface area (Å²) >= 11 is 0. The van der Waals surface area contributed by atoms with Crippen molar-refractivity contribution in [3.8, 4) is 11.3 Å². The fourth-order valence-electron chi connectivity index (χ4n) is 4.59. The maximum atomic E-state index is 13.3. The summed E-state index contributed by atoms with van der Waals surface area (Å²) in [5, 5.41) is 5.10. The van der Waals surface area contributed by atoms with E-state index in [-0.39, 0.29) is 11.9 Å². The zero-order valence-corrected chi connectivity index (χ0v) is 19.2. The lowest BCUT2D eigenvalue weighted by Gasteiger charge is -2.36. The third-order valence-electron chi connectivity index (χ3n) is 6.27. The van der Waals surface area contributed by atoms with Gasteiger partial charge in [0.05, 0.1) is 22.3 Å². The second kappa shape index (κ2) is 9.10. The van der Waals surface area contributed by atoms with Crippen molar-refractivity contribution >= 4 is 22.9 Å². The minimum absolute atomic E-state index is 0.124. The summed E-state index contributed by atoms with van der Waals surface area (Å²) in [4.78, 5) is 33.0. The van der Waals surface area contributed by atoms with E-state index in [0.717, 1.165) is 37.8 Å². The third-order valence-corrected chi connectivity index (χ3v) is 6.27. The number of likely N-dealkylation sites (tertiary alicyclic amines) is 1. The lowest BCUT2D eigenvalue weighted by molar-refractivity contribution is -0.143. The van der Waals surface area contributed by atoms with E-state index in [1.165, 1.54) is 0 Å². The molecule has 32 heavy (non-hydrogen) atoms. The van der Waals surface area contributed by atoms with E-state index in [2.05, 4.69) is 12.0 Å². The van der Waals surface area contributed by atoms with Crippen molar-refractivity contribution in [3.05, 3.63) is 47.7 Å². The van der Waals surface area contributed by atoms with Gasteiger partial charge in [0.15, 0.2) is 11.8 Å². The number of hydrogen-bond donors (Lipinski definition) is 0. The van der Waals surface area contributed by atoms with Crippen LogP contribution in [0, 0.1) is 6.92 Å². The van der Waals surface area contributed by atoms with Crippen LogP contribution in [0.15, 0.2) is 36.4 Å². The number of benzene rings is 1. The Bertz CT molecular complexity index is 1140. The van der Waals surface area contributed by atoms with Crippen LogP contribution in [0.2, 0.25) is 0 Å². The predicted molar refractivity (Wildman–Crippen MR) is 123 cm³/mol. The highest BCUT2D eigenvalue weighted by Gasteiger charge is 2.31. The summed E-state index contributed by atoms with van der Waals surface area (Å²) in [6, 6.07) is 11.6. The van der Waals surface area contributed by atoms with Crippen LogP contribution in [0.25, 0.3) is 22.3 Å². The molecule has 1 aromatic carbocycles. The summed E-state index contributed by atoms with van der Waals surface area (Å²) in [5.41, 5.74) is 3.24. The molecular formula is C25H30N4O3. The molecule has 1 aliphatic rings. The van der Waals surface area contributed by atoms with Gasteiger partial charge < -0.3 is 9.64 Å². The van der Waals surface area contributed by atoms with E-state index >= 15 is 0 Å². The van der Waals surface area contributed by atoms with E-state index in [1.54, 1.807) is 24.7 Å². The van der Waals surface area contributed by atoms with E-state index in [1.807, 2.05) is 42.2 Å². The van der Waals surface area contributed by atoms with Crippen molar-refractivity contribution in [2.45, 2.75) is 58.6 Å². The van der Waals surface area contributed by atoms with Gasteiger partial charge in [-0.1, -0.05) is 37.3 Å². The maximum absolute atomic E-state index is 13.3. The van der Waals surface area contributed by atoms with Crippen LogP contribution in [0.3, 0.4) is 0 Å². The van der Waals surface area contributed by atoms with Gasteiger partial charge in [-0.3, -0.25) is 9.48 Å². The molecule has 0 spiro atoms. The lowest BCUT2D eigenvalue weighted by Crippen LogP contribution is -2.48. The van der Waals surface area contributed by atoms with Gasteiger partial charge in [0, 0.05) is 25.2 Å². The van der Waals surface area contributed by atoms with Crippen molar-refractivity contribution in [2.24, 2.45) is 7.05 Å². The fourth-order valence-corrected chi connectivity index (χ4v) is 4.59. The number of ether oxygens (including phenoxy) is 1. The van der Waals surface area contributed by atoms with Crippen LogP contribution in [-0.4, -0.2) is 50.2 Å². The number of aromatic nitrogens is 3. The molecule has 1 aliphatic heterocycles. The number of carbonyl (C=O) groups is 2. The van der Waals surface area contributed by atoms with Crippen molar-refractivity contribution in [1.82, 2.24) is 19.7 Å². The van der Waals surface area contributed by atoms with E-state index in [4.69, 9.17) is 9.72 Å². The molecule has 7 heteroatoms. The first-order chi connectivity index (χ1) is 15.4. The van der Waals surface area contributed by atoms with Gasteiger partial charge >= 0.3 is 5.97 Å². The number of carbonyl (C=O) groups excluding carboxylic acids is 2. The molecule has 0 N–H and O–H groups in total. The van der Waals surface area contributed by atoms with Gasteiger partial charge in [0.1, 0.15) is 0 Å². The third kappa shape index (κ3) is 4.11. The molecule has 0 saturated carbocycles. The summed E-state index contributed by atoms with van der Waals surface area (Å²) < 4.78 is 7.38. The topological polar surface area (TPSA) is 77.3 Å². The van der Waals surface area contributed by atoms with Gasteiger partial charge in [0.25, 0.3) is 5.91 Å². The molecule has 0 aliphatic carbocycles. The van der Waals surface area contributed by atoms with Crippen LogP contribution in [0.4, 0.5) is 0 Å². The number of esters is 1. The first-order valence-corrected chi connectivity index (χ1v) is 11.3. The fraction of sp³-hybridized carbons (Fsp3) is 0.440. The summed E-state index contributed by atoms with van der Waals surface area (Å²) in [5.74, 6) is -0.655. The number of pyridine rings is 1. The quantitative estimate of drug-likeness (QED) is 0.560. The standard InChI is InChI=1S/C25H30N4O3/c1-5-19-13-9-10-14-29(19)24(30)17(3)32-25(31)20-15-21(18-11-7-6-8-12-18)26-23-22(20)16(2)27-28(23)4/h6-8,11-12,15,17,19H,5,9-10,13-14H2,1-4H3. The minimum atomic E-state index is -0.852. The van der Waals surface area contributed by atoms with E-state index in [9.17, 15) is 9.59 Å². The average molecular weight is 435 g/mol. The number of fused-ring (bicyclic) bond motifs is 1. The Morgan fingerprint density at radius 2 is 1.97 bits per heavy atom. The molecule has 0 radical (unpaired) electrons. The van der Waals surface area contributed by atoms with Crippen molar-refractivity contribution in [1.29, 1.82) is 0 Å². The highest BCUT2D eigenvalue weighted by Crippen LogP contribution is 2.28. The molecule has 0 bridgehead atoms. The van der Waals surface area contributed by atoms with Crippen LogP contribution in [0.1, 0.15) is 55.6 Å². The van der Waals surface area contributed by atoms with Crippen molar-refractivity contribution in [2.75, 3.05) is 6.54 Å². The highest BCUT2D eigenvalue weighted by molar-refractivity contribution is 6.05. The Morgan fingerprint density at radius 1 is 1.22 bits per heavy atom. The average Bonchev–Trinajstić information content (AvgIpc) is 3.11. The monoisotopic (exact) mass is 434 g/mol. The predicted octanol–water partition coefficient (Wildman–Crippen LogP) is 4.28. The second-order valence-electron chi connectivity index (χ2n) is 8.47. The Labute approximate surface area is 188 Å². The smallest absolute Gasteiger partial charge is 0.339 e. The molecule has 2 aromatic heterocycles. The highest BCUT2D eigenvalue weighted by atomic mass is 16.5. The Hall–Kier alpha value is -3.22. The number of piperidine rings is 1. The van der Waals surface area contributed by atoms with Gasteiger partial charge in [-0.05, 0) is 45.6 Å². The molecule has 1 saturated heterocycles. The normalized spacial score (nSPS) is 17.4. The molecule has 168 valence electrons. The van der Waals surface area contributed by atoms with Gasteiger partial charge in [-0.15, -0.1) is 0 Å². The Morgan fingerprint density at radius 3 is 2.69 bits per heavy atom. The first-order valence-electron chi connectivity index (χ1n) is 11.3. The summed E-state index contributed by atoms with van der Waals surface area (Å²) in [6.45, 7) is 6.32. The minimum Gasteiger partial charge on any atom is -0.449 e. The lowest BCUT2D eigenvalue weighted by atomic mass is 9.99. The van der Waals surface area contributed by atoms with Crippen LogP contribution in [-0.2, 0) is 16.6 Å². The van der Waals surface area contributed by atoms with Crippen LogP contribution >= 0.6 is 0 Å². The first kappa shape index (κ1) is 22.0. The van der Waals surface area contributed by atoms with Crippen molar-refractivity contribution in [3.63, 3.8) is 0 Å². The molecule has 7 nitrogen and oxygen atoms in total. The number of amides is 1.